The van der Waals surface area contributed by atoms with Gasteiger partial charge in [0.2, 0.25) is 0 Å². The summed E-state index contributed by atoms with van der Waals surface area (Å²) in [6, 6.07) is 3.61. The molecule has 1 aliphatic heterocycles. The first-order valence-electron chi connectivity index (χ1n) is 4.98. The Morgan fingerprint density at radius 2 is 1.87 bits per heavy atom. The lowest BCUT2D eigenvalue weighted by molar-refractivity contribution is -0.0376. The van der Waals surface area contributed by atoms with Crippen molar-refractivity contribution in [2.45, 2.75) is 24.8 Å². The second-order valence-electron chi connectivity index (χ2n) is 3.78. The lowest BCUT2D eigenvalue weighted by Gasteiger charge is -2.23. The molecule has 1 aromatic carbocycles. The molecule has 1 nitrogen and oxygen atoms in total. The van der Waals surface area contributed by atoms with Crippen LogP contribution in [0, 0.1) is 5.82 Å². The highest BCUT2D eigenvalue weighted by atomic mass is 19.3. The predicted molar refractivity (Wildman–Crippen MR) is 51.3 cm³/mol. The van der Waals surface area contributed by atoms with Crippen LogP contribution in [0.4, 0.5) is 13.2 Å². The Balaban J connectivity index is 2.23. The van der Waals surface area contributed by atoms with Gasteiger partial charge >= 0.3 is 0 Å². The summed E-state index contributed by atoms with van der Waals surface area (Å²) in [4.78, 5) is 0. The fourth-order valence-electron chi connectivity index (χ4n) is 1.87. The Labute approximate surface area is 86.3 Å². The van der Waals surface area contributed by atoms with E-state index in [-0.39, 0.29) is 5.56 Å². The molecule has 1 heterocycles. The van der Waals surface area contributed by atoms with Crippen molar-refractivity contribution in [3.05, 3.63) is 35.6 Å². The van der Waals surface area contributed by atoms with E-state index in [1.165, 1.54) is 0 Å². The van der Waals surface area contributed by atoms with Gasteiger partial charge in [0, 0.05) is 5.56 Å². The summed E-state index contributed by atoms with van der Waals surface area (Å²) >= 11 is 0. The van der Waals surface area contributed by atoms with E-state index < -0.39 is 17.8 Å². The van der Waals surface area contributed by atoms with Crippen LogP contribution in [0.15, 0.2) is 24.3 Å². The number of benzene rings is 1. The third-order valence-electron chi connectivity index (χ3n) is 2.73. The minimum Gasteiger partial charge on any atom is -0.308 e. The molecule has 82 valence electrons. The first-order valence-corrected chi connectivity index (χ1v) is 4.98. The molecule has 1 atom stereocenters. The maximum absolute atomic E-state index is 13.8. The van der Waals surface area contributed by atoms with Crippen LogP contribution in [0.25, 0.3) is 0 Å². The number of alkyl halides is 2. The molecule has 15 heavy (non-hydrogen) atoms. The quantitative estimate of drug-likeness (QED) is 0.799. The van der Waals surface area contributed by atoms with Crippen molar-refractivity contribution in [2.24, 2.45) is 0 Å². The Hall–Kier alpha value is -1.03. The van der Waals surface area contributed by atoms with Crippen LogP contribution < -0.4 is 5.32 Å². The first-order chi connectivity index (χ1) is 7.10. The van der Waals surface area contributed by atoms with E-state index in [0.717, 1.165) is 30.7 Å². The van der Waals surface area contributed by atoms with Gasteiger partial charge in [0.1, 0.15) is 5.82 Å². The molecule has 0 aliphatic carbocycles. The van der Waals surface area contributed by atoms with Crippen LogP contribution in [-0.4, -0.2) is 12.6 Å². The van der Waals surface area contributed by atoms with Gasteiger partial charge in [0.15, 0.2) is 0 Å². The lowest BCUT2D eigenvalue weighted by Crippen LogP contribution is -2.38. The summed E-state index contributed by atoms with van der Waals surface area (Å²) in [6.07, 6.45) is 1.23. The maximum atomic E-state index is 13.8. The van der Waals surface area contributed by atoms with Crippen molar-refractivity contribution < 1.29 is 13.2 Å². The molecule has 4 heteroatoms. The van der Waals surface area contributed by atoms with Gasteiger partial charge in [-0.2, -0.15) is 8.78 Å². The molecule has 1 aliphatic rings. The zero-order valence-corrected chi connectivity index (χ0v) is 8.14. The standard InChI is InChI=1S/C11H12F3N/c12-9-5-3-8(4-6-9)11(13,14)10-2-1-7-15-10/h3-6,10,15H,1-2,7H2. The zero-order valence-electron chi connectivity index (χ0n) is 8.14. The normalized spacial score (nSPS) is 21.9. The number of halogens is 3. The molecule has 0 spiro atoms. The predicted octanol–water partition coefficient (Wildman–Crippen LogP) is 2.67. The molecule has 1 saturated heterocycles. The third kappa shape index (κ3) is 2.00. The van der Waals surface area contributed by atoms with Crippen LogP contribution >= 0.6 is 0 Å². The molecule has 1 N–H and O–H groups in total. The Bertz CT molecular complexity index is 328. The minimum atomic E-state index is -2.91. The van der Waals surface area contributed by atoms with E-state index in [9.17, 15) is 13.2 Å². The van der Waals surface area contributed by atoms with Crippen LogP contribution in [0.3, 0.4) is 0 Å². The molecule has 0 aromatic heterocycles. The van der Waals surface area contributed by atoms with Crippen LogP contribution in [0.2, 0.25) is 0 Å². The van der Waals surface area contributed by atoms with Gasteiger partial charge in [-0.05, 0) is 31.5 Å². The van der Waals surface area contributed by atoms with Gasteiger partial charge < -0.3 is 5.32 Å². The zero-order chi connectivity index (χ0) is 10.9. The molecule has 0 saturated carbocycles. The smallest absolute Gasteiger partial charge is 0.288 e. The van der Waals surface area contributed by atoms with E-state index >= 15 is 0 Å². The molecule has 1 fully saturated rings. The Kier molecular flexibility index (Phi) is 2.69. The highest BCUT2D eigenvalue weighted by Gasteiger charge is 2.42. The minimum absolute atomic E-state index is 0.122. The van der Waals surface area contributed by atoms with E-state index in [0.29, 0.717) is 13.0 Å². The van der Waals surface area contributed by atoms with Gasteiger partial charge in [0.05, 0.1) is 6.04 Å². The molecule has 1 aromatic rings. The Morgan fingerprint density at radius 1 is 1.20 bits per heavy atom. The first kappa shape index (κ1) is 10.5. The van der Waals surface area contributed by atoms with Crippen molar-refractivity contribution in [3.8, 4) is 0 Å². The fraction of sp³-hybridized carbons (Fsp3) is 0.455. The third-order valence-corrected chi connectivity index (χ3v) is 2.73. The van der Waals surface area contributed by atoms with Gasteiger partial charge in [-0.15, -0.1) is 0 Å². The highest BCUT2D eigenvalue weighted by Crippen LogP contribution is 2.35. The van der Waals surface area contributed by atoms with Gasteiger partial charge in [-0.3, -0.25) is 0 Å². The maximum Gasteiger partial charge on any atom is 0.288 e. The number of rotatable bonds is 2. The van der Waals surface area contributed by atoms with E-state index in [1.807, 2.05) is 0 Å². The summed E-state index contributed by atoms with van der Waals surface area (Å²) in [5, 5.41) is 2.77. The average molecular weight is 215 g/mol. The number of hydrogen-bond acceptors (Lipinski definition) is 1. The summed E-state index contributed by atoms with van der Waals surface area (Å²) in [5.41, 5.74) is -0.122. The van der Waals surface area contributed by atoms with E-state index in [4.69, 9.17) is 0 Å². The summed E-state index contributed by atoms with van der Waals surface area (Å²) in [7, 11) is 0. The summed E-state index contributed by atoms with van der Waals surface area (Å²) in [5.74, 6) is -3.40. The molecular formula is C11H12F3N. The van der Waals surface area contributed by atoms with Crippen molar-refractivity contribution in [1.29, 1.82) is 0 Å². The van der Waals surface area contributed by atoms with Crippen LogP contribution in [0.5, 0.6) is 0 Å². The van der Waals surface area contributed by atoms with Crippen molar-refractivity contribution in [3.63, 3.8) is 0 Å². The molecule has 0 radical (unpaired) electrons. The fourth-order valence-corrected chi connectivity index (χ4v) is 1.87. The molecule has 1 unspecified atom stereocenters. The largest absolute Gasteiger partial charge is 0.308 e. The van der Waals surface area contributed by atoms with Crippen molar-refractivity contribution in [2.75, 3.05) is 6.54 Å². The average Bonchev–Trinajstić information content (AvgIpc) is 2.71. The van der Waals surface area contributed by atoms with Crippen molar-refractivity contribution >= 4 is 0 Å². The van der Waals surface area contributed by atoms with Gasteiger partial charge in [0.25, 0.3) is 5.92 Å². The Morgan fingerprint density at radius 3 is 2.40 bits per heavy atom. The second kappa shape index (κ2) is 3.85. The van der Waals surface area contributed by atoms with E-state index in [1.54, 1.807) is 0 Å². The lowest BCUT2D eigenvalue weighted by atomic mass is 10.00. The second-order valence-corrected chi connectivity index (χ2v) is 3.78. The highest BCUT2D eigenvalue weighted by molar-refractivity contribution is 5.23. The molecular weight excluding hydrogens is 203 g/mol. The number of nitrogens with one attached hydrogen (secondary N) is 1. The molecule has 2 rings (SSSR count). The number of hydrogen-bond donors (Lipinski definition) is 1. The monoisotopic (exact) mass is 215 g/mol. The van der Waals surface area contributed by atoms with Crippen molar-refractivity contribution in [1.82, 2.24) is 5.32 Å². The summed E-state index contributed by atoms with van der Waals surface area (Å²) in [6.45, 7) is 0.626. The van der Waals surface area contributed by atoms with Gasteiger partial charge in [-0.1, -0.05) is 12.1 Å². The van der Waals surface area contributed by atoms with Gasteiger partial charge in [-0.25, -0.2) is 4.39 Å². The van der Waals surface area contributed by atoms with Crippen LogP contribution in [0.1, 0.15) is 18.4 Å². The summed E-state index contributed by atoms with van der Waals surface area (Å²) < 4.78 is 40.2. The molecule has 0 amide bonds. The van der Waals surface area contributed by atoms with E-state index in [2.05, 4.69) is 5.32 Å². The topological polar surface area (TPSA) is 12.0 Å². The van der Waals surface area contributed by atoms with Crippen LogP contribution in [-0.2, 0) is 5.92 Å². The SMILES string of the molecule is Fc1ccc(C(F)(F)C2CCCN2)cc1. The molecule has 0 bridgehead atoms.